The molecule has 0 aromatic carbocycles. The molecule has 0 atom stereocenters. The van der Waals surface area contributed by atoms with E-state index >= 15 is 0 Å². The van der Waals surface area contributed by atoms with Crippen molar-refractivity contribution in [3.63, 3.8) is 0 Å². The van der Waals surface area contributed by atoms with Crippen molar-refractivity contribution < 1.29 is 8.42 Å². The first-order valence-corrected chi connectivity index (χ1v) is 10.2. The zero-order chi connectivity index (χ0) is 14.8. The van der Waals surface area contributed by atoms with E-state index in [1.54, 1.807) is 24.5 Å². The molecule has 0 saturated heterocycles. The van der Waals surface area contributed by atoms with Gasteiger partial charge < -0.3 is 0 Å². The number of nitrogens with zero attached hydrogens (tertiary/aromatic N) is 1. The predicted octanol–water partition coefficient (Wildman–Crippen LogP) is 4.17. The number of halogens is 2. The summed E-state index contributed by atoms with van der Waals surface area (Å²) in [5.74, 6) is 0.499. The van der Waals surface area contributed by atoms with E-state index in [4.69, 9.17) is 11.6 Å². The summed E-state index contributed by atoms with van der Waals surface area (Å²) in [6, 6.07) is 5.42. The average molecular weight is 415 g/mol. The lowest BCUT2D eigenvalue weighted by atomic mass is 10.3. The van der Waals surface area contributed by atoms with Gasteiger partial charge in [-0.25, -0.2) is 8.42 Å². The van der Waals surface area contributed by atoms with Crippen LogP contribution in [0.25, 0.3) is 0 Å². The number of hydrogen-bond acceptors (Lipinski definition) is 4. The fourth-order valence-electron chi connectivity index (χ4n) is 1.65. The van der Waals surface area contributed by atoms with Crippen molar-refractivity contribution in [1.82, 2.24) is 4.31 Å². The first-order valence-electron chi connectivity index (χ1n) is 5.77. The molecule has 0 radical (unpaired) electrons. The molecule has 8 heteroatoms. The molecule has 2 heterocycles. The quantitative estimate of drug-likeness (QED) is 0.665. The van der Waals surface area contributed by atoms with Crippen LogP contribution in [0.5, 0.6) is 0 Å². The molecule has 2 aromatic heterocycles. The number of hydrogen-bond donors (Lipinski definition) is 0. The third kappa shape index (κ3) is 3.84. The van der Waals surface area contributed by atoms with Gasteiger partial charge in [0.05, 0.1) is 3.79 Å². The second-order valence-corrected chi connectivity index (χ2v) is 10.3. The van der Waals surface area contributed by atoms with E-state index in [1.807, 2.05) is 17.5 Å². The zero-order valence-electron chi connectivity index (χ0n) is 10.7. The Bertz CT molecular complexity index is 680. The Kier molecular flexibility index (Phi) is 5.67. The Morgan fingerprint density at radius 3 is 2.75 bits per heavy atom. The molecule has 0 aliphatic carbocycles. The molecule has 0 bridgehead atoms. The standard InChI is InChI=1S/C12H13BrClNO2S3/c1-15(7-9-6-11(13)18-8-9)20(16,17)12-3-2-10(19-12)4-5-14/h2-3,6,8H,4-5,7H2,1H3. The molecule has 2 rings (SSSR count). The monoisotopic (exact) mass is 413 g/mol. The fourth-order valence-corrected chi connectivity index (χ4v) is 5.89. The van der Waals surface area contributed by atoms with E-state index in [0.29, 0.717) is 23.1 Å². The highest BCUT2D eigenvalue weighted by Crippen LogP contribution is 2.27. The van der Waals surface area contributed by atoms with Crippen LogP contribution in [0.15, 0.2) is 31.6 Å². The third-order valence-corrected chi connectivity index (χ3v) is 7.83. The van der Waals surface area contributed by atoms with Gasteiger partial charge in [0, 0.05) is 24.3 Å². The summed E-state index contributed by atoms with van der Waals surface area (Å²) in [5.41, 5.74) is 0.977. The van der Waals surface area contributed by atoms with Gasteiger partial charge >= 0.3 is 0 Å². The molecule has 2 aromatic rings. The topological polar surface area (TPSA) is 37.4 Å². The number of aryl methyl sites for hydroxylation is 1. The van der Waals surface area contributed by atoms with Crippen molar-refractivity contribution in [2.45, 2.75) is 17.2 Å². The smallest absolute Gasteiger partial charge is 0.206 e. The van der Waals surface area contributed by atoms with E-state index in [9.17, 15) is 8.42 Å². The van der Waals surface area contributed by atoms with Crippen molar-refractivity contribution >= 4 is 60.2 Å². The predicted molar refractivity (Wildman–Crippen MR) is 89.4 cm³/mol. The molecule has 0 saturated carbocycles. The van der Waals surface area contributed by atoms with Gasteiger partial charge in [-0.05, 0) is 51.5 Å². The first-order chi connectivity index (χ1) is 9.43. The minimum absolute atomic E-state index is 0.368. The van der Waals surface area contributed by atoms with Gasteiger partial charge in [0.25, 0.3) is 10.0 Å². The van der Waals surface area contributed by atoms with E-state index < -0.39 is 10.0 Å². The maximum atomic E-state index is 12.5. The van der Waals surface area contributed by atoms with Crippen molar-refractivity contribution in [1.29, 1.82) is 0 Å². The van der Waals surface area contributed by atoms with Crippen LogP contribution in [0.2, 0.25) is 0 Å². The number of sulfonamides is 1. The van der Waals surface area contributed by atoms with E-state index in [2.05, 4.69) is 15.9 Å². The minimum atomic E-state index is -3.43. The van der Waals surface area contributed by atoms with Crippen LogP contribution in [0.4, 0.5) is 0 Å². The molecule has 0 unspecified atom stereocenters. The summed E-state index contributed by atoms with van der Waals surface area (Å²) in [5, 5.41) is 1.95. The minimum Gasteiger partial charge on any atom is -0.206 e. The molecular weight excluding hydrogens is 402 g/mol. The Morgan fingerprint density at radius 1 is 1.40 bits per heavy atom. The Morgan fingerprint density at radius 2 is 2.15 bits per heavy atom. The largest absolute Gasteiger partial charge is 0.252 e. The Hall–Kier alpha value is 0.0800. The van der Waals surface area contributed by atoms with Crippen molar-refractivity contribution in [3.8, 4) is 0 Å². The molecule has 0 amide bonds. The van der Waals surface area contributed by atoms with Crippen molar-refractivity contribution in [2.75, 3.05) is 12.9 Å². The van der Waals surface area contributed by atoms with Gasteiger partial charge in [0.15, 0.2) is 0 Å². The summed E-state index contributed by atoms with van der Waals surface area (Å²) in [6.45, 7) is 0.368. The van der Waals surface area contributed by atoms with Gasteiger partial charge in [-0.1, -0.05) is 0 Å². The zero-order valence-corrected chi connectivity index (χ0v) is 15.5. The van der Waals surface area contributed by atoms with Gasteiger partial charge in [-0.15, -0.1) is 34.3 Å². The number of alkyl halides is 1. The summed E-state index contributed by atoms with van der Waals surface area (Å²) < 4.78 is 27.7. The van der Waals surface area contributed by atoms with Crippen LogP contribution in [0.1, 0.15) is 10.4 Å². The van der Waals surface area contributed by atoms with Crippen LogP contribution in [-0.4, -0.2) is 25.7 Å². The summed E-state index contributed by atoms with van der Waals surface area (Å²) in [4.78, 5) is 0.991. The fraction of sp³-hybridized carbons (Fsp3) is 0.333. The lowest BCUT2D eigenvalue weighted by Gasteiger charge is -2.15. The van der Waals surface area contributed by atoms with Crippen LogP contribution in [0, 0.1) is 0 Å². The maximum Gasteiger partial charge on any atom is 0.252 e. The van der Waals surface area contributed by atoms with Crippen molar-refractivity contribution in [3.05, 3.63) is 37.8 Å². The number of rotatable bonds is 6. The molecule has 0 aliphatic heterocycles. The van der Waals surface area contributed by atoms with Gasteiger partial charge in [0.2, 0.25) is 0 Å². The van der Waals surface area contributed by atoms with E-state index in [1.165, 1.54) is 15.6 Å². The number of thiophene rings is 2. The van der Waals surface area contributed by atoms with Crippen LogP contribution in [0.3, 0.4) is 0 Å². The normalized spacial score (nSPS) is 12.2. The summed E-state index contributed by atoms with van der Waals surface area (Å²) in [6.07, 6.45) is 0.697. The lowest BCUT2D eigenvalue weighted by molar-refractivity contribution is 0.469. The van der Waals surface area contributed by atoms with Gasteiger partial charge in [0.1, 0.15) is 4.21 Å². The van der Waals surface area contributed by atoms with Crippen LogP contribution in [-0.2, 0) is 23.0 Å². The molecule has 3 nitrogen and oxygen atoms in total. The van der Waals surface area contributed by atoms with E-state index in [0.717, 1.165) is 14.2 Å². The SMILES string of the molecule is CN(Cc1csc(Br)c1)S(=O)(=O)c1ccc(CCCl)s1. The van der Waals surface area contributed by atoms with Crippen LogP contribution >= 0.6 is 50.2 Å². The first kappa shape index (κ1) is 16.5. The highest BCUT2D eigenvalue weighted by molar-refractivity contribution is 9.11. The van der Waals surface area contributed by atoms with Gasteiger partial charge in [-0.2, -0.15) is 4.31 Å². The molecular formula is C12H13BrClNO2S3. The summed E-state index contributed by atoms with van der Waals surface area (Å²) in [7, 11) is -1.83. The van der Waals surface area contributed by atoms with Gasteiger partial charge in [-0.3, -0.25) is 0 Å². The third-order valence-electron chi connectivity index (χ3n) is 2.67. The van der Waals surface area contributed by atoms with Crippen LogP contribution < -0.4 is 0 Å². The average Bonchev–Trinajstić information content (AvgIpc) is 2.99. The second kappa shape index (κ2) is 6.89. The van der Waals surface area contributed by atoms with E-state index in [-0.39, 0.29) is 0 Å². The molecule has 0 N–H and O–H groups in total. The lowest BCUT2D eigenvalue weighted by Crippen LogP contribution is -2.25. The summed E-state index contributed by atoms with van der Waals surface area (Å²) >= 11 is 11.9. The Labute approximate surface area is 140 Å². The van der Waals surface area contributed by atoms with Crippen molar-refractivity contribution in [2.24, 2.45) is 0 Å². The molecule has 0 fully saturated rings. The maximum absolute atomic E-state index is 12.5. The molecule has 110 valence electrons. The molecule has 0 spiro atoms. The highest BCUT2D eigenvalue weighted by Gasteiger charge is 2.23. The molecule has 20 heavy (non-hydrogen) atoms. The molecule has 0 aliphatic rings. The Balaban J connectivity index is 2.15. The second-order valence-electron chi connectivity index (χ2n) is 4.18. The highest BCUT2D eigenvalue weighted by atomic mass is 79.9.